The molecule has 1 amide bonds. The molecule has 4 aliphatic rings. The van der Waals surface area contributed by atoms with Gasteiger partial charge in [-0.1, -0.05) is 29.8 Å². The number of carbonyl (C=O) groups excluding carboxylic acids is 1. The maximum absolute atomic E-state index is 13.1. The van der Waals surface area contributed by atoms with E-state index in [0.29, 0.717) is 17.9 Å². The third-order valence-electron chi connectivity index (χ3n) is 7.98. The van der Waals surface area contributed by atoms with E-state index in [1.165, 1.54) is 37.7 Å². The highest BCUT2D eigenvalue weighted by Crippen LogP contribution is 2.53. The standard InChI is InChI=1S/C26H30N4O/c1-15-4-3-5-19(8-15)22-6-7-27-26-24(22)16(2)29-30(26)14-23(31)28-25-20-10-17-9-18(12-20)13-21(25)11-17/h3-8,17-18,20-21,25H,9-14H2,1-2H3,(H,28,31). The van der Waals surface area contributed by atoms with E-state index in [9.17, 15) is 4.79 Å². The van der Waals surface area contributed by atoms with Crippen LogP contribution in [-0.4, -0.2) is 26.7 Å². The van der Waals surface area contributed by atoms with Gasteiger partial charge in [0.15, 0.2) is 5.65 Å². The first-order chi connectivity index (χ1) is 15.0. The molecule has 0 radical (unpaired) electrons. The highest BCUT2D eigenvalue weighted by molar-refractivity contribution is 5.95. The van der Waals surface area contributed by atoms with E-state index >= 15 is 0 Å². The molecule has 160 valence electrons. The Morgan fingerprint density at radius 1 is 1.06 bits per heavy atom. The molecule has 31 heavy (non-hydrogen) atoms. The smallest absolute Gasteiger partial charge is 0.242 e. The fraction of sp³-hybridized carbons (Fsp3) is 0.500. The molecule has 0 spiro atoms. The number of nitrogens with zero attached hydrogens (tertiary/aromatic N) is 3. The third kappa shape index (κ3) is 3.26. The molecule has 4 aliphatic carbocycles. The van der Waals surface area contributed by atoms with E-state index in [-0.39, 0.29) is 12.5 Å². The van der Waals surface area contributed by atoms with Crippen molar-refractivity contribution in [3.63, 3.8) is 0 Å². The van der Waals surface area contributed by atoms with Gasteiger partial charge < -0.3 is 5.32 Å². The first kappa shape index (κ1) is 19.0. The number of aryl methyl sites for hydroxylation is 2. The van der Waals surface area contributed by atoms with Gasteiger partial charge >= 0.3 is 0 Å². The number of amides is 1. The van der Waals surface area contributed by atoms with Crippen LogP contribution in [0.25, 0.3) is 22.2 Å². The zero-order chi connectivity index (χ0) is 21.1. The highest BCUT2D eigenvalue weighted by atomic mass is 16.2. The summed E-state index contributed by atoms with van der Waals surface area (Å²) in [6.07, 6.45) is 8.49. The summed E-state index contributed by atoms with van der Waals surface area (Å²) in [4.78, 5) is 17.7. The lowest BCUT2D eigenvalue weighted by atomic mass is 9.54. The molecule has 4 saturated carbocycles. The lowest BCUT2D eigenvalue weighted by molar-refractivity contribution is -0.125. The van der Waals surface area contributed by atoms with Crippen LogP contribution in [0.1, 0.15) is 43.4 Å². The predicted octanol–water partition coefficient (Wildman–Crippen LogP) is 4.66. The second kappa shape index (κ2) is 7.18. The molecule has 2 aromatic heterocycles. The highest BCUT2D eigenvalue weighted by Gasteiger charge is 2.48. The summed E-state index contributed by atoms with van der Waals surface area (Å²) in [6, 6.07) is 10.9. The zero-order valence-corrected chi connectivity index (χ0v) is 18.3. The molecule has 5 nitrogen and oxygen atoms in total. The van der Waals surface area contributed by atoms with Crippen molar-refractivity contribution < 1.29 is 4.79 Å². The molecule has 0 unspecified atom stereocenters. The van der Waals surface area contributed by atoms with Gasteiger partial charge in [-0.2, -0.15) is 5.10 Å². The number of pyridine rings is 1. The number of carbonyl (C=O) groups is 1. The van der Waals surface area contributed by atoms with Crippen LogP contribution in [0.3, 0.4) is 0 Å². The van der Waals surface area contributed by atoms with Gasteiger partial charge in [0.2, 0.25) is 5.91 Å². The number of hydrogen-bond donors (Lipinski definition) is 1. The molecule has 7 rings (SSSR count). The van der Waals surface area contributed by atoms with Crippen LogP contribution in [0.4, 0.5) is 0 Å². The maximum atomic E-state index is 13.1. The molecule has 1 aromatic carbocycles. The molecule has 2 heterocycles. The normalized spacial score (nSPS) is 28.9. The number of fused-ring (bicyclic) bond motifs is 1. The monoisotopic (exact) mass is 414 g/mol. The largest absolute Gasteiger partial charge is 0.351 e. The molecule has 0 aliphatic heterocycles. The fourth-order valence-electron chi connectivity index (χ4n) is 6.97. The second-order valence-corrected chi connectivity index (χ2v) is 10.2. The number of aromatic nitrogens is 3. The average Bonchev–Trinajstić information content (AvgIpc) is 3.06. The van der Waals surface area contributed by atoms with E-state index in [0.717, 1.165) is 39.7 Å². The molecule has 4 bridgehead atoms. The molecule has 3 aromatic rings. The number of rotatable bonds is 4. The summed E-state index contributed by atoms with van der Waals surface area (Å²) in [5.41, 5.74) is 5.22. The van der Waals surface area contributed by atoms with Gasteiger partial charge in [0.1, 0.15) is 6.54 Å². The number of benzene rings is 1. The van der Waals surface area contributed by atoms with E-state index in [1.807, 2.05) is 19.2 Å². The molecule has 1 N–H and O–H groups in total. The van der Waals surface area contributed by atoms with Crippen molar-refractivity contribution in [1.29, 1.82) is 0 Å². The van der Waals surface area contributed by atoms with Gasteiger partial charge in [0.25, 0.3) is 0 Å². The Balaban J connectivity index is 1.26. The van der Waals surface area contributed by atoms with Crippen molar-refractivity contribution in [2.75, 3.05) is 0 Å². The van der Waals surface area contributed by atoms with Crippen molar-refractivity contribution in [1.82, 2.24) is 20.1 Å². The van der Waals surface area contributed by atoms with Crippen molar-refractivity contribution in [3.8, 4) is 11.1 Å². The molecule has 5 heteroatoms. The van der Waals surface area contributed by atoms with Crippen molar-refractivity contribution >= 4 is 16.9 Å². The van der Waals surface area contributed by atoms with Crippen molar-refractivity contribution in [2.24, 2.45) is 23.7 Å². The lowest BCUT2D eigenvalue weighted by Gasteiger charge is -2.54. The second-order valence-electron chi connectivity index (χ2n) is 10.2. The van der Waals surface area contributed by atoms with Crippen molar-refractivity contribution in [3.05, 3.63) is 47.8 Å². The van der Waals surface area contributed by atoms with Gasteiger partial charge in [0, 0.05) is 17.6 Å². The molecule has 0 saturated heterocycles. The van der Waals surface area contributed by atoms with Crippen LogP contribution < -0.4 is 5.32 Å². The quantitative estimate of drug-likeness (QED) is 0.676. The Hall–Kier alpha value is -2.69. The van der Waals surface area contributed by atoms with Crippen LogP contribution >= 0.6 is 0 Å². The Morgan fingerprint density at radius 2 is 1.81 bits per heavy atom. The van der Waals surface area contributed by atoms with Gasteiger partial charge in [-0.15, -0.1) is 0 Å². The molecular weight excluding hydrogens is 384 g/mol. The molecular formula is C26H30N4O. The van der Waals surface area contributed by atoms with E-state index < -0.39 is 0 Å². The summed E-state index contributed by atoms with van der Waals surface area (Å²) < 4.78 is 1.79. The summed E-state index contributed by atoms with van der Waals surface area (Å²) >= 11 is 0. The van der Waals surface area contributed by atoms with Gasteiger partial charge in [0.05, 0.1) is 5.69 Å². The van der Waals surface area contributed by atoms with Crippen LogP contribution in [0.5, 0.6) is 0 Å². The fourth-order valence-corrected chi connectivity index (χ4v) is 6.97. The number of hydrogen-bond acceptors (Lipinski definition) is 3. The summed E-state index contributed by atoms with van der Waals surface area (Å²) in [5.74, 6) is 3.27. The van der Waals surface area contributed by atoms with E-state index in [2.05, 4.69) is 41.5 Å². The van der Waals surface area contributed by atoms with Gasteiger partial charge in [-0.25, -0.2) is 9.67 Å². The number of nitrogens with one attached hydrogen (secondary N) is 1. The van der Waals surface area contributed by atoms with E-state index in [4.69, 9.17) is 5.10 Å². The minimum atomic E-state index is 0.0737. The predicted molar refractivity (Wildman–Crippen MR) is 121 cm³/mol. The topological polar surface area (TPSA) is 59.8 Å². The van der Waals surface area contributed by atoms with Crippen molar-refractivity contribution in [2.45, 2.75) is 58.5 Å². The SMILES string of the molecule is Cc1cccc(-c2ccnc3c2c(C)nn3CC(=O)NC2C3CC4CC(C3)CC2C4)c1. The van der Waals surface area contributed by atoms with Crippen LogP contribution in [0.2, 0.25) is 0 Å². The Labute approximate surface area is 183 Å². The molecule has 0 atom stereocenters. The molecule has 4 fully saturated rings. The minimum absolute atomic E-state index is 0.0737. The zero-order valence-electron chi connectivity index (χ0n) is 18.3. The third-order valence-corrected chi connectivity index (χ3v) is 7.98. The average molecular weight is 415 g/mol. The van der Waals surface area contributed by atoms with Crippen LogP contribution in [-0.2, 0) is 11.3 Å². The maximum Gasteiger partial charge on any atom is 0.242 e. The first-order valence-electron chi connectivity index (χ1n) is 11.7. The first-order valence-corrected chi connectivity index (χ1v) is 11.7. The Morgan fingerprint density at radius 3 is 2.52 bits per heavy atom. The van der Waals surface area contributed by atoms with Gasteiger partial charge in [-0.05, 0) is 86.8 Å². The minimum Gasteiger partial charge on any atom is -0.351 e. The summed E-state index contributed by atoms with van der Waals surface area (Å²) in [6.45, 7) is 4.35. The lowest BCUT2D eigenvalue weighted by Crippen LogP contribution is -2.56. The van der Waals surface area contributed by atoms with Gasteiger partial charge in [-0.3, -0.25) is 4.79 Å². The van der Waals surface area contributed by atoms with Crippen LogP contribution in [0, 0.1) is 37.5 Å². The Kier molecular flexibility index (Phi) is 4.41. The Bertz CT molecular complexity index is 1140. The van der Waals surface area contributed by atoms with E-state index in [1.54, 1.807) is 4.68 Å². The summed E-state index contributed by atoms with van der Waals surface area (Å²) in [7, 11) is 0. The summed E-state index contributed by atoms with van der Waals surface area (Å²) in [5, 5.41) is 9.16. The van der Waals surface area contributed by atoms with Crippen LogP contribution in [0.15, 0.2) is 36.5 Å².